The topological polar surface area (TPSA) is 0 Å². The summed E-state index contributed by atoms with van der Waals surface area (Å²) >= 11 is 0. The summed E-state index contributed by atoms with van der Waals surface area (Å²) in [5.41, 5.74) is 11.3. The maximum Gasteiger partial charge on any atom is -0.0105 e. The minimum Gasteiger partial charge on any atom is -0.0792 e. The molecule has 31 heavy (non-hydrogen) atoms. The number of hydrogen-bond donors (Lipinski definition) is 0. The molecule has 0 saturated heterocycles. The molecule has 0 aliphatic rings. The molecule has 0 unspecified atom stereocenters. The molecule has 152 valence electrons. The van der Waals surface area contributed by atoms with Crippen molar-refractivity contribution in [2.45, 2.75) is 20.8 Å². The van der Waals surface area contributed by atoms with E-state index in [1.165, 1.54) is 50.1 Å². The van der Waals surface area contributed by atoms with Gasteiger partial charge in [-0.25, -0.2) is 0 Å². The largest absolute Gasteiger partial charge is 0.0792 e. The normalized spacial score (nSPS) is 11.3. The maximum atomic E-state index is 2.28. The predicted molar refractivity (Wildman–Crippen MR) is 135 cm³/mol. The van der Waals surface area contributed by atoms with Gasteiger partial charge < -0.3 is 0 Å². The zero-order valence-corrected chi connectivity index (χ0v) is 18.5. The molecule has 0 amide bonds. The van der Waals surface area contributed by atoms with Crippen molar-refractivity contribution in [1.29, 1.82) is 0 Å². The Bertz CT molecular complexity index is 1170. The first kappa shape index (κ1) is 20.6. The van der Waals surface area contributed by atoms with Gasteiger partial charge in [-0.05, 0) is 71.4 Å². The van der Waals surface area contributed by atoms with Gasteiger partial charge in [0.05, 0.1) is 0 Å². The highest BCUT2D eigenvalue weighted by atomic mass is 14.1. The van der Waals surface area contributed by atoms with Crippen molar-refractivity contribution in [3.05, 3.63) is 148 Å². The fourth-order valence-electron chi connectivity index (χ4n) is 4.00. The SMILES string of the molecule is CC=C(c1ccc(C=C(c2ccccc2)c2ccccc2)cc1)c1cc(C)ccc1C. The second-order valence-electron chi connectivity index (χ2n) is 7.93. The maximum absolute atomic E-state index is 2.28. The molecular weight excluding hydrogens is 372 g/mol. The lowest BCUT2D eigenvalue weighted by molar-refractivity contribution is 1.35. The van der Waals surface area contributed by atoms with Crippen molar-refractivity contribution >= 4 is 17.2 Å². The predicted octanol–water partition coefficient (Wildman–Crippen LogP) is 8.34. The van der Waals surface area contributed by atoms with E-state index in [4.69, 9.17) is 0 Å². The molecule has 4 rings (SSSR count). The van der Waals surface area contributed by atoms with Crippen molar-refractivity contribution in [1.82, 2.24) is 0 Å². The summed E-state index contributed by atoms with van der Waals surface area (Å²) in [5, 5.41) is 0. The number of rotatable bonds is 5. The van der Waals surface area contributed by atoms with Gasteiger partial charge >= 0.3 is 0 Å². The van der Waals surface area contributed by atoms with E-state index in [1.54, 1.807) is 0 Å². The van der Waals surface area contributed by atoms with Gasteiger partial charge in [0.2, 0.25) is 0 Å². The van der Waals surface area contributed by atoms with Crippen LogP contribution in [0, 0.1) is 13.8 Å². The Morgan fingerprint density at radius 1 is 0.581 bits per heavy atom. The molecule has 0 atom stereocenters. The average Bonchev–Trinajstić information content (AvgIpc) is 2.82. The van der Waals surface area contributed by atoms with Crippen LogP contribution in [-0.4, -0.2) is 0 Å². The molecule has 0 saturated carbocycles. The summed E-state index contributed by atoms with van der Waals surface area (Å²) in [6, 6.07) is 36.8. The lowest BCUT2D eigenvalue weighted by Gasteiger charge is -2.13. The molecule has 0 fully saturated rings. The van der Waals surface area contributed by atoms with Gasteiger partial charge in [-0.2, -0.15) is 0 Å². The third-order valence-electron chi connectivity index (χ3n) is 5.67. The molecule has 0 aromatic heterocycles. The minimum atomic E-state index is 1.20. The Kier molecular flexibility index (Phi) is 6.29. The van der Waals surface area contributed by atoms with Gasteiger partial charge in [0, 0.05) is 0 Å². The fourth-order valence-corrected chi connectivity index (χ4v) is 4.00. The molecule has 0 heteroatoms. The molecule has 0 bridgehead atoms. The van der Waals surface area contributed by atoms with Crippen molar-refractivity contribution in [2.75, 3.05) is 0 Å². The van der Waals surface area contributed by atoms with Crippen LogP contribution in [-0.2, 0) is 0 Å². The van der Waals surface area contributed by atoms with E-state index in [0.29, 0.717) is 0 Å². The summed E-state index contributed by atoms with van der Waals surface area (Å²) in [6.07, 6.45) is 4.49. The molecule has 0 heterocycles. The first-order valence-electron chi connectivity index (χ1n) is 10.8. The molecule has 4 aromatic rings. The molecule has 0 N–H and O–H groups in total. The number of benzene rings is 4. The highest BCUT2D eigenvalue weighted by Crippen LogP contribution is 2.29. The fraction of sp³-hybridized carbons (Fsp3) is 0.0968. The smallest absolute Gasteiger partial charge is 0.0105 e. The minimum absolute atomic E-state index is 1.20. The Hall–Kier alpha value is -3.64. The summed E-state index contributed by atoms with van der Waals surface area (Å²) in [5.74, 6) is 0. The number of hydrogen-bond acceptors (Lipinski definition) is 0. The first-order valence-corrected chi connectivity index (χ1v) is 10.8. The highest BCUT2D eigenvalue weighted by molar-refractivity contribution is 5.91. The van der Waals surface area contributed by atoms with Crippen molar-refractivity contribution in [2.24, 2.45) is 0 Å². The van der Waals surface area contributed by atoms with Crippen molar-refractivity contribution in [3.63, 3.8) is 0 Å². The van der Waals surface area contributed by atoms with E-state index in [2.05, 4.69) is 136 Å². The standard InChI is InChI=1S/C31H28/c1-4-29(30-21-23(2)15-16-24(30)3)28-19-17-25(18-20-28)22-31(26-11-7-5-8-12-26)27-13-9-6-10-14-27/h4-22H,1-3H3. The van der Waals surface area contributed by atoms with Crippen molar-refractivity contribution < 1.29 is 0 Å². The van der Waals surface area contributed by atoms with Gasteiger partial charge in [-0.15, -0.1) is 0 Å². The van der Waals surface area contributed by atoms with Gasteiger partial charge in [-0.3, -0.25) is 0 Å². The number of allylic oxidation sites excluding steroid dienone is 1. The summed E-state index contributed by atoms with van der Waals surface area (Å²) in [7, 11) is 0. The second kappa shape index (κ2) is 9.45. The first-order chi connectivity index (χ1) is 15.2. The highest BCUT2D eigenvalue weighted by Gasteiger charge is 2.09. The monoisotopic (exact) mass is 400 g/mol. The molecular formula is C31H28. The molecule has 0 nitrogen and oxygen atoms in total. The van der Waals surface area contributed by atoms with Crippen LogP contribution < -0.4 is 0 Å². The van der Waals surface area contributed by atoms with E-state index in [9.17, 15) is 0 Å². The van der Waals surface area contributed by atoms with E-state index in [1.807, 2.05) is 0 Å². The number of aryl methyl sites for hydroxylation is 2. The van der Waals surface area contributed by atoms with Crippen LogP contribution in [0.15, 0.2) is 109 Å². The Morgan fingerprint density at radius 3 is 1.68 bits per heavy atom. The lowest BCUT2D eigenvalue weighted by Crippen LogP contribution is -1.93. The second-order valence-corrected chi connectivity index (χ2v) is 7.93. The van der Waals surface area contributed by atoms with Crippen LogP contribution in [0.4, 0.5) is 0 Å². The van der Waals surface area contributed by atoms with Crippen LogP contribution in [0.3, 0.4) is 0 Å². The molecule has 0 aliphatic heterocycles. The third-order valence-corrected chi connectivity index (χ3v) is 5.67. The van der Waals surface area contributed by atoms with E-state index < -0.39 is 0 Å². The van der Waals surface area contributed by atoms with Gasteiger partial charge in [0.1, 0.15) is 0 Å². The Labute approximate surface area is 186 Å². The zero-order valence-electron chi connectivity index (χ0n) is 18.5. The summed E-state index contributed by atoms with van der Waals surface area (Å²) in [6.45, 7) is 6.45. The quantitative estimate of drug-likeness (QED) is 0.295. The van der Waals surface area contributed by atoms with Crippen molar-refractivity contribution in [3.8, 4) is 0 Å². The van der Waals surface area contributed by atoms with Crippen LogP contribution in [0.2, 0.25) is 0 Å². The summed E-state index contributed by atoms with van der Waals surface area (Å²) < 4.78 is 0. The van der Waals surface area contributed by atoms with Crippen LogP contribution in [0.1, 0.15) is 45.9 Å². The van der Waals surface area contributed by atoms with E-state index in [-0.39, 0.29) is 0 Å². The molecule has 0 aliphatic carbocycles. The van der Waals surface area contributed by atoms with Crippen LogP contribution >= 0.6 is 0 Å². The molecule has 0 spiro atoms. The Morgan fingerprint density at radius 2 is 1.13 bits per heavy atom. The van der Waals surface area contributed by atoms with Gasteiger partial charge in [0.25, 0.3) is 0 Å². The average molecular weight is 401 g/mol. The molecule has 4 aromatic carbocycles. The van der Waals surface area contributed by atoms with E-state index in [0.717, 1.165) is 0 Å². The zero-order chi connectivity index (χ0) is 21.6. The summed E-state index contributed by atoms with van der Waals surface area (Å²) in [4.78, 5) is 0. The van der Waals surface area contributed by atoms with Crippen LogP contribution in [0.5, 0.6) is 0 Å². The Balaban J connectivity index is 1.72. The van der Waals surface area contributed by atoms with Crippen LogP contribution in [0.25, 0.3) is 17.2 Å². The molecule has 0 radical (unpaired) electrons. The van der Waals surface area contributed by atoms with Gasteiger partial charge in [-0.1, -0.05) is 115 Å². The van der Waals surface area contributed by atoms with E-state index >= 15 is 0 Å². The lowest BCUT2D eigenvalue weighted by atomic mass is 9.91. The third kappa shape index (κ3) is 4.75. The van der Waals surface area contributed by atoms with Gasteiger partial charge in [0.15, 0.2) is 0 Å².